The second-order valence-electron chi connectivity index (χ2n) is 4.74. The molecule has 2 amide bonds. The van der Waals surface area contributed by atoms with Gasteiger partial charge >= 0.3 is 5.97 Å². The predicted molar refractivity (Wildman–Crippen MR) is 90.8 cm³/mol. The fourth-order valence-electron chi connectivity index (χ4n) is 1.80. The lowest BCUT2D eigenvalue weighted by Crippen LogP contribution is -2.29. The summed E-state index contributed by atoms with van der Waals surface area (Å²) in [5.74, 6) is -2.02. The monoisotopic (exact) mass is 366 g/mol. The van der Waals surface area contributed by atoms with Crippen molar-refractivity contribution in [1.82, 2.24) is 5.32 Å². The van der Waals surface area contributed by atoms with Gasteiger partial charge in [0.1, 0.15) is 6.54 Å². The summed E-state index contributed by atoms with van der Waals surface area (Å²) in [4.78, 5) is 34.2. The van der Waals surface area contributed by atoms with E-state index < -0.39 is 18.4 Å². The molecule has 0 saturated heterocycles. The molecule has 0 radical (unpaired) electrons. The zero-order valence-corrected chi connectivity index (χ0v) is 13.7. The Morgan fingerprint density at radius 3 is 2.08 bits per heavy atom. The van der Waals surface area contributed by atoms with E-state index in [9.17, 15) is 14.4 Å². The molecule has 2 aromatic carbocycles. The lowest BCUT2D eigenvalue weighted by molar-refractivity contribution is -0.135. The predicted octanol–water partition coefficient (Wildman–Crippen LogP) is 3.06. The Hall–Kier alpha value is -2.57. The molecule has 0 heterocycles. The molecular formula is C16H12Cl2N2O4. The second-order valence-corrected chi connectivity index (χ2v) is 5.55. The number of aliphatic carboxylic acids is 1. The molecule has 8 heteroatoms. The van der Waals surface area contributed by atoms with E-state index in [0.717, 1.165) is 0 Å². The highest BCUT2D eigenvalue weighted by Crippen LogP contribution is 2.23. The number of nitrogens with one attached hydrogen (secondary N) is 2. The van der Waals surface area contributed by atoms with Crippen molar-refractivity contribution in [3.05, 3.63) is 63.6 Å². The molecule has 0 atom stereocenters. The van der Waals surface area contributed by atoms with Crippen molar-refractivity contribution in [3.63, 3.8) is 0 Å². The van der Waals surface area contributed by atoms with E-state index in [0.29, 0.717) is 16.3 Å². The number of benzene rings is 2. The first-order valence-corrected chi connectivity index (χ1v) is 7.49. The summed E-state index contributed by atoms with van der Waals surface area (Å²) in [6.45, 7) is -0.464. The van der Waals surface area contributed by atoms with Gasteiger partial charge in [-0.15, -0.1) is 0 Å². The number of halogens is 2. The van der Waals surface area contributed by atoms with Gasteiger partial charge in [0.25, 0.3) is 11.8 Å². The summed E-state index contributed by atoms with van der Waals surface area (Å²) < 4.78 is 0. The van der Waals surface area contributed by atoms with E-state index in [2.05, 4.69) is 10.6 Å². The van der Waals surface area contributed by atoms with Gasteiger partial charge in [-0.1, -0.05) is 23.2 Å². The van der Waals surface area contributed by atoms with Crippen LogP contribution in [0.15, 0.2) is 42.5 Å². The van der Waals surface area contributed by atoms with Gasteiger partial charge in [0.2, 0.25) is 0 Å². The van der Waals surface area contributed by atoms with Gasteiger partial charge in [-0.05, 0) is 42.5 Å². The van der Waals surface area contributed by atoms with E-state index in [1.165, 1.54) is 42.5 Å². The molecule has 0 aliphatic carbocycles. The smallest absolute Gasteiger partial charge is 0.322 e. The van der Waals surface area contributed by atoms with Crippen molar-refractivity contribution in [2.24, 2.45) is 0 Å². The van der Waals surface area contributed by atoms with Gasteiger partial charge < -0.3 is 15.7 Å². The normalized spacial score (nSPS) is 10.1. The molecule has 124 valence electrons. The summed E-state index contributed by atoms with van der Waals surface area (Å²) in [6.07, 6.45) is 0. The molecule has 0 bridgehead atoms. The molecule has 2 rings (SSSR count). The minimum Gasteiger partial charge on any atom is -0.480 e. The first kappa shape index (κ1) is 17.8. The molecule has 0 aromatic heterocycles. The van der Waals surface area contributed by atoms with E-state index in [-0.39, 0.29) is 16.5 Å². The topological polar surface area (TPSA) is 95.5 Å². The van der Waals surface area contributed by atoms with E-state index >= 15 is 0 Å². The maximum absolute atomic E-state index is 12.1. The average Bonchev–Trinajstić information content (AvgIpc) is 2.55. The third-order valence-electron chi connectivity index (χ3n) is 2.99. The summed E-state index contributed by atoms with van der Waals surface area (Å²) in [7, 11) is 0. The number of anilines is 1. The van der Waals surface area contributed by atoms with Crippen molar-refractivity contribution in [3.8, 4) is 0 Å². The minimum absolute atomic E-state index is 0.273. The lowest BCUT2D eigenvalue weighted by atomic mass is 10.1. The number of carbonyl (C=O) groups excluding carboxylic acids is 2. The highest BCUT2D eigenvalue weighted by molar-refractivity contribution is 6.42. The zero-order chi connectivity index (χ0) is 17.7. The molecular weight excluding hydrogens is 355 g/mol. The van der Waals surface area contributed by atoms with Crippen molar-refractivity contribution in [2.75, 3.05) is 11.9 Å². The van der Waals surface area contributed by atoms with Crippen LogP contribution in [0, 0.1) is 0 Å². The average molecular weight is 367 g/mol. The third-order valence-corrected chi connectivity index (χ3v) is 3.73. The Morgan fingerprint density at radius 2 is 1.50 bits per heavy atom. The van der Waals surface area contributed by atoms with Crippen LogP contribution < -0.4 is 10.6 Å². The van der Waals surface area contributed by atoms with Crippen LogP contribution in [0.2, 0.25) is 10.0 Å². The van der Waals surface area contributed by atoms with Gasteiger partial charge in [0.15, 0.2) is 0 Å². The summed E-state index contributed by atoms with van der Waals surface area (Å²) in [5.41, 5.74) is 1.09. The molecule has 0 fully saturated rings. The van der Waals surface area contributed by atoms with Crippen molar-refractivity contribution < 1.29 is 19.5 Å². The third kappa shape index (κ3) is 4.71. The van der Waals surface area contributed by atoms with Crippen LogP contribution >= 0.6 is 23.2 Å². The fraction of sp³-hybridized carbons (Fsp3) is 0.0625. The Kier molecular flexibility index (Phi) is 5.78. The molecule has 0 saturated carbocycles. The van der Waals surface area contributed by atoms with Crippen LogP contribution in [0.25, 0.3) is 0 Å². The fourth-order valence-corrected chi connectivity index (χ4v) is 2.10. The Balaban J connectivity index is 2.03. The Bertz CT molecular complexity index is 791. The maximum Gasteiger partial charge on any atom is 0.322 e. The highest BCUT2D eigenvalue weighted by Gasteiger charge is 2.10. The second kappa shape index (κ2) is 7.81. The molecule has 2 aromatic rings. The number of hydrogen-bond acceptors (Lipinski definition) is 3. The number of carbonyl (C=O) groups is 3. The molecule has 0 aliphatic rings. The molecule has 24 heavy (non-hydrogen) atoms. The van der Waals surface area contributed by atoms with Crippen LogP contribution in [0.3, 0.4) is 0 Å². The van der Waals surface area contributed by atoms with Gasteiger partial charge in [0, 0.05) is 16.8 Å². The number of rotatable bonds is 5. The van der Waals surface area contributed by atoms with Gasteiger partial charge in [0.05, 0.1) is 10.0 Å². The Morgan fingerprint density at radius 1 is 0.875 bits per heavy atom. The van der Waals surface area contributed by atoms with E-state index in [1.807, 2.05) is 0 Å². The highest BCUT2D eigenvalue weighted by atomic mass is 35.5. The summed E-state index contributed by atoms with van der Waals surface area (Å²) in [5, 5.41) is 14.0. The summed E-state index contributed by atoms with van der Waals surface area (Å²) in [6, 6.07) is 10.5. The van der Waals surface area contributed by atoms with Gasteiger partial charge in [-0.3, -0.25) is 14.4 Å². The largest absolute Gasteiger partial charge is 0.480 e. The first-order chi connectivity index (χ1) is 11.4. The SMILES string of the molecule is O=C(O)CNC(=O)c1ccc(NC(=O)c2ccc(Cl)c(Cl)c2)cc1. The molecule has 0 spiro atoms. The van der Waals surface area contributed by atoms with Gasteiger partial charge in [-0.2, -0.15) is 0 Å². The number of carboxylic acid groups (broad SMARTS) is 1. The standard InChI is InChI=1S/C16H12Cl2N2O4/c17-12-6-3-10(7-13(12)18)16(24)20-11-4-1-9(2-5-11)15(23)19-8-14(21)22/h1-7H,8H2,(H,19,23)(H,20,24)(H,21,22). The molecule has 3 N–H and O–H groups in total. The summed E-state index contributed by atoms with van der Waals surface area (Å²) >= 11 is 11.7. The number of carboxylic acids is 1. The van der Waals surface area contributed by atoms with Crippen LogP contribution in [-0.4, -0.2) is 29.4 Å². The maximum atomic E-state index is 12.1. The molecule has 6 nitrogen and oxygen atoms in total. The number of amides is 2. The van der Waals surface area contributed by atoms with Crippen LogP contribution in [0.5, 0.6) is 0 Å². The number of hydrogen-bond donors (Lipinski definition) is 3. The van der Waals surface area contributed by atoms with Crippen LogP contribution in [-0.2, 0) is 4.79 Å². The minimum atomic E-state index is -1.13. The van der Waals surface area contributed by atoms with Gasteiger partial charge in [-0.25, -0.2) is 0 Å². The van der Waals surface area contributed by atoms with Crippen molar-refractivity contribution >= 4 is 46.7 Å². The van der Waals surface area contributed by atoms with Crippen LogP contribution in [0.1, 0.15) is 20.7 Å². The van der Waals surface area contributed by atoms with Crippen molar-refractivity contribution in [1.29, 1.82) is 0 Å². The van der Waals surface area contributed by atoms with E-state index in [1.54, 1.807) is 0 Å². The lowest BCUT2D eigenvalue weighted by Gasteiger charge is -2.07. The van der Waals surface area contributed by atoms with E-state index in [4.69, 9.17) is 28.3 Å². The Labute approximate surface area is 147 Å². The quantitative estimate of drug-likeness (QED) is 0.757. The van der Waals surface area contributed by atoms with Crippen molar-refractivity contribution in [2.45, 2.75) is 0 Å². The first-order valence-electron chi connectivity index (χ1n) is 6.73. The molecule has 0 aliphatic heterocycles. The van der Waals surface area contributed by atoms with Crippen LogP contribution in [0.4, 0.5) is 5.69 Å². The molecule has 0 unspecified atom stereocenters. The zero-order valence-electron chi connectivity index (χ0n) is 12.2.